The number of amides is 2. The van der Waals surface area contributed by atoms with Crippen molar-refractivity contribution in [2.75, 3.05) is 19.7 Å². The third-order valence-electron chi connectivity index (χ3n) is 6.83. The molecule has 1 atom stereocenters. The van der Waals surface area contributed by atoms with Gasteiger partial charge in [-0.25, -0.2) is 0 Å². The Kier molecular flexibility index (Phi) is 7.43. The van der Waals surface area contributed by atoms with Gasteiger partial charge in [0.05, 0.1) is 6.10 Å². The number of nitrogens with one attached hydrogen (secondary N) is 1. The summed E-state index contributed by atoms with van der Waals surface area (Å²) in [5.41, 5.74) is -0.279. The molecule has 7 nitrogen and oxygen atoms in total. The zero-order valence-electron chi connectivity index (χ0n) is 18.4. The number of nitrogens with zero attached hydrogens (tertiary/aromatic N) is 2. The topological polar surface area (TPSA) is 80.6 Å². The molecule has 0 bridgehead atoms. The second-order valence-corrected chi connectivity index (χ2v) is 9.26. The molecule has 1 N–H and O–H groups in total. The molecule has 3 aliphatic rings. The van der Waals surface area contributed by atoms with Crippen molar-refractivity contribution in [3.63, 3.8) is 0 Å². The lowest BCUT2D eigenvalue weighted by Gasteiger charge is -2.22. The molecule has 2 amide bonds. The molecule has 3 fully saturated rings. The van der Waals surface area contributed by atoms with E-state index in [0.29, 0.717) is 19.6 Å². The number of likely N-dealkylation sites (tertiary alicyclic amines) is 1. The number of pyridine rings is 1. The van der Waals surface area contributed by atoms with E-state index in [9.17, 15) is 14.4 Å². The van der Waals surface area contributed by atoms with Crippen LogP contribution in [0.25, 0.3) is 0 Å². The van der Waals surface area contributed by atoms with E-state index in [4.69, 9.17) is 4.74 Å². The van der Waals surface area contributed by atoms with Crippen LogP contribution in [0.3, 0.4) is 0 Å². The summed E-state index contributed by atoms with van der Waals surface area (Å²) in [6.45, 7) is 2.62. The van der Waals surface area contributed by atoms with Gasteiger partial charge in [0.25, 0.3) is 11.8 Å². The summed E-state index contributed by atoms with van der Waals surface area (Å²) in [6.07, 6.45) is 14.9. The maximum atomic E-state index is 13.2. The molecular weight excluding hydrogens is 394 g/mol. The number of carbonyl (C=O) groups excluding carboxylic acids is 2. The van der Waals surface area contributed by atoms with Crippen LogP contribution in [-0.2, 0) is 11.3 Å². The van der Waals surface area contributed by atoms with Crippen molar-refractivity contribution in [2.45, 2.75) is 89.3 Å². The molecule has 1 saturated carbocycles. The average molecular weight is 430 g/mol. The maximum absolute atomic E-state index is 13.2. The minimum absolute atomic E-state index is 0.0544. The van der Waals surface area contributed by atoms with Crippen molar-refractivity contribution in [1.82, 2.24) is 14.8 Å². The Morgan fingerprint density at radius 3 is 2.26 bits per heavy atom. The molecule has 3 heterocycles. The lowest BCUT2D eigenvalue weighted by atomic mass is 9.96. The smallest absolute Gasteiger partial charge is 0.259 e. The molecule has 31 heavy (non-hydrogen) atoms. The molecule has 7 heteroatoms. The van der Waals surface area contributed by atoms with Crippen molar-refractivity contribution < 1.29 is 14.3 Å². The number of aromatic nitrogens is 1. The molecule has 2 aliphatic heterocycles. The van der Waals surface area contributed by atoms with Crippen molar-refractivity contribution >= 4 is 11.8 Å². The molecule has 2 saturated heterocycles. The first-order chi connectivity index (χ1) is 15.1. The van der Waals surface area contributed by atoms with Gasteiger partial charge in [0.15, 0.2) is 0 Å². The molecule has 1 aromatic heterocycles. The number of carbonyl (C=O) groups is 2. The van der Waals surface area contributed by atoms with Crippen LogP contribution in [0.4, 0.5) is 0 Å². The third kappa shape index (κ3) is 5.56. The Bertz CT molecular complexity index is 830. The van der Waals surface area contributed by atoms with Gasteiger partial charge in [0.2, 0.25) is 5.43 Å². The van der Waals surface area contributed by atoms with E-state index in [1.807, 2.05) is 4.57 Å². The zero-order chi connectivity index (χ0) is 21.6. The lowest BCUT2D eigenvalue weighted by Crippen LogP contribution is -2.40. The maximum Gasteiger partial charge on any atom is 0.259 e. The van der Waals surface area contributed by atoms with Gasteiger partial charge in [-0.2, -0.15) is 0 Å². The molecule has 4 rings (SSSR count). The highest BCUT2D eigenvalue weighted by Crippen LogP contribution is 2.18. The van der Waals surface area contributed by atoms with Gasteiger partial charge in [0, 0.05) is 44.7 Å². The summed E-state index contributed by atoms with van der Waals surface area (Å²) in [6, 6.07) is 0.0942. The molecule has 0 spiro atoms. The fraction of sp³-hybridized carbons (Fsp3) is 0.708. The molecule has 0 radical (unpaired) electrons. The van der Waals surface area contributed by atoms with E-state index in [2.05, 4.69) is 5.32 Å². The second kappa shape index (κ2) is 10.4. The van der Waals surface area contributed by atoms with Gasteiger partial charge in [-0.05, 0) is 38.5 Å². The summed E-state index contributed by atoms with van der Waals surface area (Å²) in [5.74, 6) is -0.614. The van der Waals surface area contributed by atoms with Gasteiger partial charge in [-0.3, -0.25) is 14.4 Å². The van der Waals surface area contributed by atoms with Crippen molar-refractivity contribution in [3.8, 4) is 0 Å². The lowest BCUT2D eigenvalue weighted by molar-refractivity contribution is 0.0787. The Hall–Kier alpha value is -2.15. The summed E-state index contributed by atoms with van der Waals surface area (Å²) >= 11 is 0. The predicted molar refractivity (Wildman–Crippen MR) is 118 cm³/mol. The van der Waals surface area contributed by atoms with E-state index >= 15 is 0 Å². The fourth-order valence-electron chi connectivity index (χ4n) is 5.03. The van der Waals surface area contributed by atoms with Crippen LogP contribution >= 0.6 is 0 Å². The van der Waals surface area contributed by atoms with Crippen molar-refractivity contribution in [1.29, 1.82) is 0 Å². The second-order valence-electron chi connectivity index (χ2n) is 9.26. The van der Waals surface area contributed by atoms with Gasteiger partial charge < -0.3 is 19.5 Å². The first-order valence-electron chi connectivity index (χ1n) is 12.1. The summed E-state index contributed by atoms with van der Waals surface area (Å²) in [4.78, 5) is 41.1. The average Bonchev–Trinajstić information content (AvgIpc) is 3.44. The van der Waals surface area contributed by atoms with E-state index in [1.54, 1.807) is 17.3 Å². The predicted octanol–water partition coefficient (Wildman–Crippen LogP) is 3.11. The van der Waals surface area contributed by atoms with Gasteiger partial charge in [0.1, 0.15) is 11.1 Å². The number of ether oxygens (including phenoxy) is 1. The summed E-state index contributed by atoms with van der Waals surface area (Å²) in [5, 5.41) is 3.09. The normalized spacial score (nSPS) is 22.8. The number of hydrogen-bond donors (Lipinski definition) is 1. The zero-order valence-corrected chi connectivity index (χ0v) is 18.4. The Balaban J connectivity index is 1.59. The van der Waals surface area contributed by atoms with Crippen LogP contribution in [0, 0.1) is 0 Å². The molecule has 0 aromatic carbocycles. The minimum atomic E-state index is -0.455. The van der Waals surface area contributed by atoms with Crippen molar-refractivity contribution in [2.24, 2.45) is 0 Å². The Morgan fingerprint density at radius 2 is 1.58 bits per heavy atom. The monoisotopic (exact) mass is 429 g/mol. The van der Waals surface area contributed by atoms with Gasteiger partial charge in [-0.1, -0.05) is 32.1 Å². The first-order valence-corrected chi connectivity index (χ1v) is 12.1. The Labute approximate surface area is 184 Å². The summed E-state index contributed by atoms with van der Waals surface area (Å²) < 4.78 is 7.55. The van der Waals surface area contributed by atoms with Crippen LogP contribution < -0.4 is 10.7 Å². The van der Waals surface area contributed by atoms with Crippen LogP contribution in [0.2, 0.25) is 0 Å². The van der Waals surface area contributed by atoms with Gasteiger partial charge >= 0.3 is 0 Å². The highest BCUT2D eigenvalue weighted by molar-refractivity contribution is 5.99. The van der Waals surface area contributed by atoms with E-state index in [1.165, 1.54) is 19.3 Å². The highest BCUT2D eigenvalue weighted by Gasteiger charge is 2.27. The molecule has 1 aliphatic carbocycles. The van der Waals surface area contributed by atoms with Gasteiger partial charge in [-0.15, -0.1) is 0 Å². The molecule has 1 aromatic rings. The van der Waals surface area contributed by atoms with Crippen LogP contribution in [0.5, 0.6) is 0 Å². The summed E-state index contributed by atoms with van der Waals surface area (Å²) in [7, 11) is 0. The minimum Gasteiger partial charge on any atom is -0.376 e. The molecular formula is C24H35N3O4. The first kappa shape index (κ1) is 22.1. The highest BCUT2D eigenvalue weighted by atomic mass is 16.5. The SMILES string of the molecule is O=C(NC1CCCCCCC1)c1cn(C[C@H]2CCCO2)cc(C(=O)N2CCCC2)c1=O. The third-order valence-corrected chi connectivity index (χ3v) is 6.83. The standard InChI is InChI=1S/C24H35N3O4/c28-22-20(23(29)25-18-9-4-2-1-3-5-10-18)16-26(15-19-11-8-14-31-19)17-21(22)24(30)27-12-6-7-13-27/h16-19H,1-15H2,(H,25,29)/t19-/m1/s1. The fourth-order valence-corrected chi connectivity index (χ4v) is 5.03. The molecule has 170 valence electrons. The molecule has 0 unspecified atom stereocenters. The van der Waals surface area contributed by atoms with Crippen LogP contribution in [0.15, 0.2) is 17.2 Å². The number of rotatable bonds is 5. The Morgan fingerprint density at radius 1 is 0.903 bits per heavy atom. The number of hydrogen-bond acceptors (Lipinski definition) is 4. The van der Waals surface area contributed by atoms with Crippen LogP contribution in [-0.4, -0.2) is 53.1 Å². The quantitative estimate of drug-likeness (QED) is 0.780. The van der Waals surface area contributed by atoms with Crippen molar-refractivity contribution in [3.05, 3.63) is 33.7 Å². The van der Waals surface area contributed by atoms with E-state index < -0.39 is 5.43 Å². The van der Waals surface area contributed by atoms with E-state index in [-0.39, 0.29) is 35.1 Å². The van der Waals surface area contributed by atoms with E-state index in [0.717, 1.165) is 58.0 Å². The van der Waals surface area contributed by atoms with Crippen LogP contribution in [0.1, 0.15) is 91.3 Å². The largest absolute Gasteiger partial charge is 0.376 e.